The Morgan fingerprint density at radius 1 is 1.44 bits per heavy atom. The molecule has 1 aromatic heterocycles. The predicted molar refractivity (Wildman–Crippen MR) is 107 cm³/mol. The fourth-order valence-corrected chi connectivity index (χ4v) is 3.47. The van der Waals surface area contributed by atoms with Gasteiger partial charge in [-0.1, -0.05) is 24.9 Å². The topological polar surface area (TPSA) is 57.7 Å². The molecule has 3 rings (SSSR count). The summed E-state index contributed by atoms with van der Waals surface area (Å²) in [7, 11) is 0. The molecule has 2 unspecified atom stereocenters. The number of hydrogen-bond acceptors (Lipinski definition) is 4. The fourth-order valence-electron chi connectivity index (χ4n) is 3.23. The predicted octanol–water partition coefficient (Wildman–Crippen LogP) is 4.44. The van der Waals surface area contributed by atoms with Crippen LogP contribution in [0.5, 0.6) is 0 Å². The Labute approximate surface area is 165 Å². The van der Waals surface area contributed by atoms with Crippen molar-refractivity contribution in [1.29, 1.82) is 0 Å². The molecule has 1 aromatic rings. The third kappa shape index (κ3) is 4.82. The molecule has 7 heteroatoms. The minimum atomic E-state index is -0.470. The smallest absolute Gasteiger partial charge is 0.328 e. The number of aryl methyl sites for hydroxylation is 1. The first-order valence-electron chi connectivity index (χ1n) is 9.53. The zero-order valence-electron chi connectivity index (χ0n) is 15.9. The van der Waals surface area contributed by atoms with Gasteiger partial charge in [-0.2, -0.15) is 0 Å². The van der Waals surface area contributed by atoms with Crippen LogP contribution >= 0.6 is 11.6 Å². The second kappa shape index (κ2) is 9.24. The molecule has 1 N–H and O–H groups in total. The van der Waals surface area contributed by atoms with E-state index in [0.717, 1.165) is 37.1 Å². The first kappa shape index (κ1) is 19.7. The molecule has 2 aliphatic rings. The van der Waals surface area contributed by atoms with E-state index in [1.807, 2.05) is 24.0 Å². The molecule has 0 aromatic carbocycles. The van der Waals surface area contributed by atoms with E-state index >= 15 is 0 Å². The van der Waals surface area contributed by atoms with Crippen molar-refractivity contribution >= 4 is 23.3 Å². The number of nitrogens with one attached hydrogen (secondary N) is 1. The number of unbranched alkanes of at least 4 members (excludes halogenated alkanes) is 1. The van der Waals surface area contributed by atoms with Crippen molar-refractivity contribution in [1.82, 2.24) is 14.8 Å². The van der Waals surface area contributed by atoms with Gasteiger partial charge in [-0.25, -0.2) is 4.79 Å². The molecule has 146 valence electrons. The summed E-state index contributed by atoms with van der Waals surface area (Å²) in [6, 6.07) is 3.75. The highest BCUT2D eigenvalue weighted by Gasteiger charge is 2.34. The third-order valence-electron chi connectivity index (χ3n) is 4.73. The third-order valence-corrected chi connectivity index (χ3v) is 5.06. The quantitative estimate of drug-likeness (QED) is 0.807. The first-order chi connectivity index (χ1) is 13.1. The van der Waals surface area contributed by atoms with Crippen LogP contribution in [0.2, 0.25) is 0 Å². The average Bonchev–Trinajstić information content (AvgIpc) is 2.69. The summed E-state index contributed by atoms with van der Waals surface area (Å²) >= 11 is 6.44. The second-order valence-electron chi connectivity index (χ2n) is 6.83. The van der Waals surface area contributed by atoms with E-state index < -0.39 is 6.17 Å². The Morgan fingerprint density at radius 2 is 2.30 bits per heavy atom. The number of aromatic nitrogens is 1. The van der Waals surface area contributed by atoms with Crippen molar-refractivity contribution in [3.8, 4) is 0 Å². The van der Waals surface area contributed by atoms with Gasteiger partial charge in [0.1, 0.15) is 12.4 Å². The number of carbonyl (C=O) groups excluding carboxylic acids is 1. The van der Waals surface area contributed by atoms with Crippen molar-refractivity contribution < 1.29 is 9.53 Å². The molecule has 1 saturated heterocycles. The maximum absolute atomic E-state index is 13.3. The van der Waals surface area contributed by atoms with Crippen LogP contribution < -0.4 is 5.32 Å². The van der Waals surface area contributed by atoms with E-state index in [1.165, 1.54) is 0 Å². The van der Waals surface area contributed by atoms with Crippen LogP contribution in [0.25, 0.3) is 0 Å². The van der Waals surface area contributed by atoms with Crippen molar-refractivity contribution in [2.75, 3.05) is 18.5 Å². The first-order valence-corrected chi connectivity index (χ1v) is 9.91. The van der Waals surface area contributed by atoms with Crippen LogP contribution in [0, 0.1) is 6.92 Å². The Balaban J connectivity index is 1.77. The van der Waals surface area contributed by atoms with Crippen molar-refractivity contribution in [3.63, 3.8) is 0 Å². The highest BCUT2D eigenvalue weighted by Crippen LogP contribution is 2.26. The molecular formula is C20H27ClN4O2. The zero-order chi connectivity index (χ0) is 19.2. The van der Waals surface area contributed by atoms with Gasteiger partial charge in [-0.15, -0.1) is 0 Å². The average molecular weight is 391 g/mol. The Hall–Kier alpha value is -2.05. The molecule has 0 bridgehead atoms. The fraction of sp³-hybridized carbons (Fsp3) is 0.500. The van der Waals surface area contributed by atoms with Crippen molar-refractivity contribution in [3.05, 3.63) is 47.4 Å². The van der Waals surface area contributed by atoms with Crippen molar-refractivity contribution in [2.24, 2.45) is 0 Å². The van der Waals surface area contributed by atoms with Crippen LogP contribution in [0.1, 0.15) is 38.3 Å². The van der Waals surface area contributed by atoms with Gasteiger partial charge in [0.05, 0.1) is 23.5 Å². The number of rotatable bonds is 5. The summed E-state index contributed by atoms with van der Waals surface area (Å²) in [5, 5.41) is 3.86. The van der Waals surface area contributed by atoms with E-state index in [1.54, 1.807) is 29.4 Å². The number of pyridine rings is 1. The lowest BCUT2D eigenvalue weighted by Crippen LogP contribution is -2.54. The van der Waals surface area contributed by atoms with Crippen LogP contribution in [-0.2, 0) is 4.74 Å². The largest absolute Gasteiger partial charge is 0.359 e. The molecule has 3 heterocycles. The summed E-state index contributed by atoms with van der Waals surface area (Å²) in [6.45, 7) is 5.47. The number of ether oxygens (including phenoxy) is 1. The van der Waals surface area contributed by atoms with Gasteiger partial charge in [0.25, 0.3) is 0 Å². The van der Waals surface area contributed by atoms with Gasteiger partial charge in [-0.05, 0) is 50.5 Å². The van der Waals surface area contributed by atoms with Gasteiger partial charge >= 0.3 is 6.03 Å². The maximum atomic E-state index is 13.3. The number of urea groups is 1. The van der Waals surface area contributed by atoms with Crippen LogP contribution in [0.4, 0.5) is 10.5 Å². The van der Waals surface area contributed by atoms with Crippen LogP contribution in [-0.4, -0.2) is 46.4 Å². The van der Waals surface area contributed by atoms with E-state index in [4.69, 9.17) is 16.3 Å². The Morgan fingerprint density at radius 3 is 3.04 bits per heavy atom. The van der Waals surface area contributed by atoms with Gasteiger partial charge in [0.15, 0.2) is 0 Å². The highest BCUT2D eigenvalue weighted by molar-refractivity contribution is 6.30. The SMILES string of the molecule is CCCCC1OCCCN1C(=O)N1C=CC=C(Cl)C1Nc1ccc(C)nc1. The summed E-state index contributed by atoms with van der Waals surface area (Å²) in [4.78, 5) is 21.1. The number of halogens is 1. The van der Waals surface area contributed by atoms with E-state index in [9.17, 15) is 4.79 Å². The summed E-state index contributed by atoms with van der Waals surface area (Å²) < 4.78 is 5.87. The van der Waals surface area contributed by atoms with Gasteiger partial charge in [0, 0.05) is 18.4 Å². The second-order valence-corrected chi connectivity index (χ2v) is 7.27. The summed E-state index contributed by atoms with van der Waals surface area (Å²) in [5.74, 6) is 0. The molecule has 6 nitrogen and oxygen atoms in total. The van der Waals surface area contributed by atoms with Gasteiger partial charge in [0.2, 0.25) is 0 Å². The number of allylic oxidation sites excluding steroid dienone is 2. The number of nitrogens with zero attached hydrogens (tertiary/aromatic N) is 3. The van der Waals surface area contributed by atoms with Gasteiger partial charge in [-0.3, -0.25) is 14.8 Å². The highest BCUT2D eigenvalue weighted by atomic mass is 35.5. The molecule has 0 aliphatic carbocycles. The molecule has 2 atom stereocenters. The molecule has 0 radical (unpaired) electrons. The van der Waals surface area contributed by atoms with Crippen LogP contribution in [0.15, 0.2) is 41.7 Å². The van der Waals surface area contributed by atoms with Crippen molar-refractivity contribution in [2.45, 2.75) is 51.9 Å². The molecule has 0 saturated carbocycles. The monoisotopic (exact) mass is 390 g/mol. The number of anilines is 1. The van der Waals surface area contributed by atoms with Crippen LogP contribution in [0.3, 0.4) is 0 Å². The maximum Gasteiger partial charge on any atom is 0.328 e. The van der Waals surface area contributed by atoms with E-state index in [0.29, 0.717) is 18.2 Å². The zero-order valence-corrected chi connectivity index (χ0v) is 16.7. The normalized spacial score (nSPS) is 22.6. The number of amides is 2. The Bertz CT molecular complexity index is 704. The molecule has 1 fully saturated rings. The molecule has 0 spiro atoms. The van der Waals surface area contributed by atoms with Gasteiger partial charge < -0.3 is 10.1 Å². The van der Waals surface area contributed by atoms with E-state index in [-0.39, 0.29) is 12.3 Å². The number of carbonyl (C=O) groups is 1. The lowest BCUT2D eigenvalue weighted by atomic mass is 10.2. The molecular weight excluding hydrogens is 364 g/mol. The lowest BCUT2D eigenvalue weighted by molar-refractivity contribution is -0.0808. The lowest BCUT2D eigenvalue weighted by Gasteiger charge is -2.41. The standard InChI is InChI=1S/C20H27ClN4O2/c1-3-4-8-18-24(12-6-13-27-18)20(26)25-11-5-7-17(21)19(25)23-16-10-9-15(2)22-14-16/h5,7,9-11,14,18-19,23H,3-4,6,8,12-13H2,1-2H3. The summed E-state index contributed by atoms with van der Waals surface area (Å²) in [6.07, 6.45) is 10.2. The summed E-state index contributed by atoms with van der Waals surface area (Å²) in [5.41, 5.74) is 1.74. The number of hydrogen-bond donors (Lipinski definition) is 1. The minimum absolute atomic E-state index is 0.101. The Kier molecular flexibility index (Phi) is 6.74. The molecule has 2 aliphatic heterocycles. The molecule has 2 amide bonds. The molecule has 27 heavy (non-hydrogen) atoms. The van der Waals surface area contributed by atoms with E-state index in [2.05, 4.69) is 17.2 Å². The minimum Gasteiger partial charge on any atom is -0.359 e.